The van der Waals surface area contributed by atoms with Crippen LogP contribution in [0.15, 0.2) is 30.5 Å². The van der Waals surface area contributed by atoms with Gasteiger partial charge >= 0.3 is 0 Å². The van der Waals surface area contributed by atoms with Crippen molar-refractivity contribution in [2.75, 3.05) is 0 Å². The van der Waals surface area contributed by atoms with E-state index in [1.165, 1.54) is 10.9 Å². The van der Waals surface area contributed by atoms with Crippen LogP contribution >= 0.6 is 0 Å². The van der Waals surface area contributed by atoms with Gasteiger partial charge in [0.25, 0.3) is 0 Å². The fraction of sp³-hybridized carbons (Fsp3) is 0.444. The standard InChI is InChI=1S/C18H22N4O/c1-21-11-10-14-15(4-3-5-16(14)21)18-20-19-17(22(18)2)12-6-8-13(23)9-7-12/h3-5,10-13,23H,6-9H2,1-2H3. The summed E-state index contributed by atoms with van der Waals surface area (Å²) < 4.78 is 4.25. The van der Waals surface area contributed by atoms with Gasteiger partial charge in [0.2, 0.25) is 0 Å². The van der Waals surface area contributed by atoms with Crippen LogP contribution in [0.25, 0.3) is 22.3 Å². The molecule has 1 N–H and O–H groups in total. The SMILES string of the molecule is Cn1c(-c2cccc3c2ccn3C)nnc1C1CCC(O)CC1. The van der Waals surface area contributed by atoms with Crippen LogP contribution in [0.1, 0.15) is 37.4 Å². The molecular weight excluding hydrogens is 288 g/mol. The maximum atomic E-state index is 9.70. The summed E-state index contributed by atoms with van der Waals surface area (Å²) in [5, 5.41) is 19.9. The molecule has 1 aliphatic carbocycles. The number of benzene rings is 1. The number of aliphatic hydroxyl groups excluding tert-OH is 1. The molecule has 5 heteroatoms. The molecular formula is C18H22N4O. The van der Waals surface area contributed by atoms with E-state index in [0.29, 0.717) is 5.92 Å². The van der Waals surface area contributed by atoms with Gasteiger partial charge in [0.1, 0.15) is 5.82 Å². The number of aliphatic hydroxyl groups is 1. The average molecular weight is 310 g/mol. The Morgan fingerprint density at radius 2 is 1.83 bits per heavy atom. The Balaban J connectivity index is 1.75. The molecule has 0 saturated heterocycles. The highest BCUT2D eigenvalue weighted by Crippen LogP contribution is 2.34. The minimum atomic E-state index is -0.142. The van der Waals surface area contributed by atoms with Crippen molar-refractivity contribution in [2.24, 2.45) is 14.1 Å². The van der Waals surface area contributed by atoms with E-state index in [4.69, 9.17) is 0 Å². The molecule has 5 nitrogen and oxygen atoms in total. The Bertz CT molecular complexity index is 840. The minimum absolute atomic E-state index is 0.142. The fourth-order valence-electron chi connectivity index (χ4n) is 3.76. The summed E-state index contributed by atoms with van der Waals surface area (Å²) in [6.07, 6.45) is 5.64. The molecule has 0 unspecified atom stereocenters. The average Bonchev–Trinajstić information content (AvgIpc) is 3.12. The van der Waals surface area contributed by atoms with E-state index in [0.717, 1.165) is 42.9 Å². The quantitative estimate of drug-likeness (QED) is 0.791. The molecule has 2 heterocycles. The Hall–Kier alpha value is -2.14. The van der Waals surface area contributed by atoms with E-state index in [-0.39, 0.29) is 6.10 Å². The summed E-state index contributed by atoms with van der Waals surface area (Å²) in [4.78, 5) is 0. The summed E-state index contributed by atoms with van der Waals surface area (Å²) in [6, 6.07) is 8.44. The van der Waals surface area contributed by atoms with Gasteiger partial charge in [-0.15, -0.1) is 10.2 Å². The molecule has 1 fully saturated rings. The van der Waals surface area contributed by atoms with Crippen molar-refractivity contribution in [1.82, 2.24) is 19.3 Å². The molecule has 0 amide bonds. The van der Waals surface area contributed by atoms with Gasteiger partial charge in [0.05, 0.1) is 6.10 Å². The summed E-state index contributed by atoms with van der Waals surface area (Å²) in [5.74, 6) is 2.36. The number of aryl methyl sites for hydroxylation is 1. The molecule has 1 saturated carbocycles. The summed E-state index contributed by atoms with van der Waals surface area (Å²) in [6.45, 7) is 0. The number of fused-ring (bicyclic) bond motifs is 1. The van der Waals surface area contributed by atoms with Gasteiger partial charge in [-0.2, -0.15) is 0 Å². The van der Waals surface area contributed by atoms with Gasteiger partial charge in [-0.3, -0.25) is 0 Å². The van der Waals surface area contributed by atoms with Crippen LogP contribution in [0, 0.1) is 0 Å². The summed E-state index contributed by atoms with van der Waals surface area (Å²) in [7, 11) is 4.11. The minimum Gasteiger partial charge on any atom is -0.393 e. The zero-order valence-electron chi connectivity index (χ0n) is 13.6. The zero-order valence-corrected chi connectivity index (χ0v) is 13.6. The fourth-order valence-corrected chi connectivity index (χ4v) is 3.76. The third-order valence-corrected chi connectivity index (χ3v) is 5.14. The van der Waals surface area contributed by atoms with Gasteiger partial charge in [0.15, 0.2) is 5.82 Å². The molecule has 1 aliphatic rings. The number of aromatic nitrogens is 4. The Morgan fingerprint density at radius 1 is 1.04 bits per heavy atom. The highest BCUT2D eigenvalue weighted by molar-refractivity contribution is 5.93. The van der Waals surface area contributed by atoms with Gasteiger partial charge in [-0.25, -0.2) is 0 Å². The first-order chi connectivity index (χ1) is 11.1. The van der Waals surface area contributed by atoms with Crippen molar-refractivity contribution in [3.8, 4) is 11.4 Å². The maximum Gasteiger partial charge on any atom is 0.164 e. The molecule has 0 spiro atoms. The largest absolute Gasteiger partial charge is 0.393 e. The maximum absolute atomic E-state index is 9.70. The second-order valence-corrected chi connectivity index (χ2v) is 6.61. The lowest BCUT2D eigenvalue weighted by Gasteiger charge is -2.24. The van der Waals surface area contributed by atoms with Crippen LogP contribution in [0.5, 0.6) is 0 Å². The lowest BCUT2D eigenvalue weighted by atomic mass is 9.87. The summed E-state index contributed by atoms with van der Waals surface area (Å²) >= 11 is 0. The van der Waals surface area contributed by atoms with Crippen LogP contribution in [0.2, 0.25) is 0 Å². The topological polar surface area (TPSA) is 55.9 Å². The van der Waals surface area contributed by atoms with Crippen molar-refractivity contribution < 1.29 is 5.11 Å². The molecule has 0 aliphatic heterocycles. The predicted molar refractivity (Wildman–Crippen MR) is 90.1 cm³/mol. The molecule has 1 aromatic carbocycles. The van der Waals surface area contributed by atoms with E-state index in [9.17, 15) is 5.11 Å². The van der Waals surface area contributed by atoms with Crippen LogP contribution in [-0.4, -0.2) is 30.5 Å². The zero-order chi connectivity index (χ0) is 16.0. The van der Waals surface area contributed by atoms with Crippen LogP contribution in [-0.2, 0) is 14.1 Å². The van der Waals surface area contributed by atoms with Gasteiger partial charge < -0.3 is 14.2 Å². The van der Waals surface area contributed by atoms with Crippen molar-refractivity contribution >= 4 is 10.9 Å². The molecule has 120 valence electrons. The molecule has 0 radical (unpaired) electrons. The van der Waals surface area contributed by atoms with Crippen molar-refractivity contribution in [3.05, 3.63) is 36.3 Å². The van der Waals surface area contributed by atoms with Crippen molar-refractivity contribution in [2.45, 2.75) is 37.7 Å². The van der Waals surface area contributed by atoms with Crippen molar-refractivity contribution in [3.63, 3.8) is 0 Å². The van der Waals surface area contributed by atoms with E-state index < -0.39 is 0 Å². The number of hydrogen-bond donors (Lipinski definition) is 1. The molecule has 0 atom stereocenters. The first kappa shape index (κ1) is 14.5. The number of rotatable bonds is 2. The summed E-state index contributed by atoms with van der Waals surface area (Å²) in [5.41, 5.74) is 2.33. The Morgan fingerprint density at radius 3 is 2.61 bits per heavy atom. The first-order valence-electron chi connectivity index (χ1n) is 8.27. The first-order valence-corrected chi connectivity index (χ1v) is 8.27. The van der Waals surface area contributed by atoms with E-state index in [1.54, 1.807) is 0 Å². The Labute approximate surface area is 135 Å². The second-order valence-electron chi connectivity index (χ2n) is 6.61. The van der Waals surface area contributed by atoms with Crippen molar-refractivity contribution in [1.29, 1.82) is 0 Å². The highest BCUT2D eigenvalue weighted by Gasteiger charge is 2.26. The lowest BCUT2D eigenvalue weighted by molar-refractivity contribution is 0.121. The number of nitrogens with zero attached hydrogens (tertiary/aromatic N) is 4. The molecule has 0 bridgehead atoms. The second kappa shape index (κ2) is 5.49. The lowest BCUT2D eigenvalue weighted by Crippen LogP contribution is -2.19. The normalized spacial score (nSPS) is 21.9. The van der Waals surface area contributed by atoms with Crippen LogP contribution < -0.4 is 0 Å². The third kappa shape index (κ3) is 2.36. The third-order valence-electron chi connectivity index (χ3n) is 5.14. The monoisotopic (exact) mass is 310 g/mol. The van der Waals surface area contributed by atoms with Crippen LogP contribution in [0.3, 0.4) is 0 Å². The van der Waals surface area contributed by atoms with Gasteiger partial charge in [-0.05, 0) is 37.8 Å². The molecule has 23 heavy (non-hydrogen) atoms. The van der Waals surface area contributed by atoms with E-state index in [2.05, 4.69) is 63.9 Å². The predicted octanol–water partition coefficient (Wildman–Crippen LogP) is 2.99. The molecule has 2 aromatic heterocycles. The molecule has 3 aromatic rings. The molecule has 4 rings (SSSR count). The smallest absolute Gasteiger partial charge is 0.164 e. The van der Waals surface area contributed by atoms with Gasteiger partial charge in [0, 0.05) is 42.7 Å². The number of hydrogen-bond acceptors (Lipinski definition) is 3. The van der Waals surface area contributed by atoms with Crippen LogP contribution in [0.4, 0.5) is 0 Å². The Kier molecular flexibility index (Phi) is 3.45. The van der Waals surface area contributed by atoms with E-state index >= 15 is 0 Å². The van der Waals surface area contributed by atoms with Gasteiger partial charge in [-0.1, -0.05) is 12.1 Å². The van der Waals surface area contributed by atoms with E-state index in [1.807, 2.05) is 0 Å². The highest BCUT2D eigenvalue weighted by atomic mass is 16.3.